The van der Waals surface area contributed by atoms with Gasteiger partial charge in [0.1, 0.15) is 18.8 Å². The number of aliphatic hydroxyl groups is 1. The number of aliphatic hydroxyl groups excluding tert-OH is 1. The lowest BCUT2D eigenvalue weighted by molar-refractivity contribution is -0.175. The van der Waals surface area contributed by atoms with Crippen LogP contribution in [-0.4, -0.2) is 45.4 Å². The zero-order valence-corrected chi connectivity index (χ0v) is 10.9. The van der Waals surface area contributed by atoms with E-state index in [-0.39, 0.29) is 25.5 Å². The second kappa shape index (κ2) is 6.85. The van der Waals surface area contributed by atoms with Gasteiger partial charge in [0, 0.05) is 19.1 Å². The smallest absolute Gasteiger partial charge is 0.393 e. The van der Waals surface area contributed by atoms with Gasteiger partial charge in [0.2, 0.25) is 0 Å². The van der Waals surface area contributed by atoms with Gasteiger partial charge in [-0.3, -0.25) is 0 Å². The van der Waals surface area contributed by atoms with E-state index in [0.717, 1.165) is 0 Å². The first-order valence-electron chi connectivity index (χ1n) is 6.00. The van der Waals surface area contributed by atoms with Crippen LogP contribution in [0.25, 0.3) is 0 Å². The predicted molar refractivity (Wildman–Crippen MR) is 61.6 cm³/mol. The molecule has 19 heavy (non-hydrogen) atoms. The van der Waals surface area contributed by atoms with Crippen molar-refractivity contribution < 1.29 is 23.0 Å². The molecule has 0 aromatic carbocycles. The summed E-state index contributed by atoms with van der Waals surface area (Å²) in [6, 6.07) is 0.117. The van der Waals surface area contributed by atoms with Crippen LogP contribution in [0.1, 0.15) is 32.1 Å². The van der Waals surface area contributed by atoms with Crippen LogP contribution in [0.4, 0.5) is 13.2 Å². The number of halogens is 3. The van der Waals surface area contributed by atoms with Crippen molar-refractivity contribution in [3.05, 3.63) is 12.2 Å². The average Bonchev–Trinajstić information content (AvgIpc) is 2.71. The van der Waals surface area contributed by atoms with Gasteiger partial charge in [0.15, 0.2) is 0 Å². The third kappa shape index (κ3) is 6.02. The van der Waals surface area contributed by atoms with E-state index in [4.69, 9.17) is 0 Å². The van der Waals surface area contributed by atoms with Gasteiger partial charge in [0.05, 0.1) is 6.10 Å². The summed E-state index contributed by atoms with van der Waals surface area (Å²) in [6.07, 6.45) is -3.37. The van der Waals surface area contributed by atoms with Crippen molar-refractivity contribution in [2.45, 2.75) is 45.0 Å². The van der Waals surface area contributed by atoms with Crippen LogP contribution in [0.5, 0.6) is 0 Å². The third-order valence-corrected chi connectivity index (χ3v) is 2.42. The highest BCUT2D eigenvalue weighted by Crippen LogP contribution is 2.15. The highest BCUT2D eigenvalue weighted by Gasteiger charge is 2.27. The Labute approximate surface area is 109 Å². The normalized spacial score (nSPS) is 14.1. The summed E-state index contributed by atoms with van der Waals surface area (Å²) >= 11 is 0. The molecule has 0 aliphatic carbocycles. The van der Waals surface area contributed by atoms with Crippen LogP contribution in [0.2, 0.25) is 0 Å². The molecule has 0 saturated carbocycles. The highest BCUT2D eigenvalue weighted by molar-refractivity contribution is 4.89. The van der Waals surface area contributed by atoms with Gasteiger partial charge in [0.25, 0.3) is 0 Å². The molecule has 1 heterocycles. The van der Waals surface area contributed by atoms with Crippen molar-refractivity contribution in [1.29, 1.82) is 0 Å². The summed E-state index contributed by atoms with van der Waals surface area (Å²) in [5.74, 6) is 0.610. The SMILES string of the molecule is CC(C)n1ncnc1CC(O)CCOCC(F)(F)F. The fourth-order valence-corrected chi connectivity index (χ4v) is 1.57. The molecule has 1 N–H and O–H groups in total. The summed E-state index contributed by atoms with van der Waals surface area (Å²) in [4.78, 5) is 4.02. The van der Waals surface area contributed by atoms with E-state index in [9.17, 15) is 18.3 Å². The Morgan fingerprint density at radius 2 is 2.11 bits per heavy atom. The van der Waals surface area contributed by atoms with Crippen molar-refractivity contribution in [2.75, 3.05) is 13.2 Å². The number of nitrogens with zero attached hydrogens (tertiary/aromatic N) is 3. The molecular weight excluding hydrogens is 263 g/mol. The first-order chi connectivity index (χ1) is 8.79. The summed E-state index contributed by atoms with van der Waals surface area (Å²) < 4.78 is 41.6. The van der Waals surface area contributed by atoms with Crippen molar-refractivity contribution in [3.63, 3.8) is 0 Å². The summed E-state index contributed by atoms with van der Waals surface area (Å²) in [6.45, 7) is 2.42. The zero-order chi connectivity index (χ0) is 14.5. The lowest BCUT2D eigenvalue weighted by Crippen LogP contribution is -2.21. The summed E-state index contributed by atoms with van der Waals surface area (Å²) in [5, 5.41) is 13.7. The summed E-state index contributed by atoms with van der Waals surface area (Å²) in [7, 11) is 0. The minimum Gasteiger partial charge on any atom is -0.393 e. The Balaban J connectivity index is 2.31. The maximum Gasteiger partial charge on any atom is 0.411 e. The van der Waals surface area contributed by atoms with Gasteiger partial charge in [-0.15, -0.1) is 0 Å². The molecule has 0 fully saturated rings. The second-order valence-corrected chi connectivity index (χ2v) is 4.53. The lowest BCUT2D eigenvalue weighted by atomic mass is 10.2. The van der Waals surface area contributed by atoms with Crippen LogP contribution >= 0.6 is 0 Å². The van der Waals surface area contributed by atoms with Crippen LogP contribution in [0.15, 0.2) is 6.33 Å². The summed E-state index contributed by atoms with van der Waals surface area (Å²) in [5.41, 5.74) is 0. The monoisotopic (exact) mass is 281 g/mol. The van der Waals surface area contributed by atoms with Gasteiger partial charge < -0.3 is 9.84 Å². The zero-order valence-electron chi connectivity index (χ0n) is 10.9. The molecule has 1 aromatic heterocycles. The molecule has 8 heteroatoms. The number of hydrogen-bond donors (Lipinski definition) is 1. The fourth-order valence-electron chi connectivity index (χ4n) is 1.57. The Kier molecular flexibility index (Phi) is 5.74. The van der Waals surface area contributed by atoms with E-state index in [0.29, 0.717) is 5.82 Å². The fraction of sp³-hybridized carbons (Fsp3) is 0.818. The molecule has 1 unspecified atom stereocenters. The van der Waals surface area contributed by atoms with E-state index >= 15 is 0 Å². The molecule has 0 aliphatic rings. The number of rotatable bonds is 7. The van der Waals surface area contributed by atoms with E-state index in [1.54, 1.807) is 4.68 Å². The van der Waals surface area contributed by atoms with Gasteiger partial charge in [-0.1, -0.05) is 0 Å². The highest BCUT2D eigenvalue weighted by atomic mass is 19.4. The minimum atomic E-state index is -4.33. The molecule has 0 amide bonds. The van der Waals surface area contributed by atoms with Crippen LogP contribution in [0, 0.1) is 0 Å². The molecule has 0 bridgehead atoms. The van der Waals surface area contributed by atoms with Gasteiger partial charge in [-0.2, -0.15) is 18.3 Å². The van der Waals surface area contributed by atoms with Crippen molar-refractivity contribution in [3.8, 4) is 0 Å². The van der Waals surface area contributed by atoms with Crippen molar-refractivity contribution in [2.24, 2.45) is 0 Å². The largest absolute Gasteiger partial charge is 0.411 e. The predicted octanol–water partition coefficient (Wildman–Crippen LogP) is 1.73. The van der Waals surface area contributed by atoms with Crippen LogP contribution < -0.4 is 0 Å². The lowest BCUT2D eigenvalue weighted by Gasteiger charge is -2.13. The quantitative estimate of drug-likeness (QED) is 0.773. The average molecular weight is 281 g/mol. The van der Waals surface area contributed by atoms with E-state index in [1.165, 1.54) is 6.33 Å². The maximum absolute atomic E-state index is 11.8. The molecular formula is C11H18F3N3O2. The van der Waals surface area contributed by atoms with Gasteiger partial charge >= 0.3 is 6.18 Å². The molecule has 1 aromatic rings. The van der Waals surface area contributed by atoms with Crippen molar-refractivity contribution in [1.82, 2.24) is 14.8 Å². The molecule has 0 aliphatic heterocycles. The molecule has 0 radical (unpaired) electrons. The van der Waals surface area contributed by atoms with Crippen molar-refractivity contribution >= 4 is 0 Å². The van der Waals surface area contributed by atoms with Gasteiger partial charge in [-0.25, -0.2) is 9.67 Å². The Morgan fingerprint density at radius 1 is 1.42 bits per heavy atom. The molecule has 1 atom stereocenters. The standard InChI is InChI=1S/C11H18F3N3O2/c1-8(2)17-10(15-7-16-17)5-9(18)3-4-19-6-11(12,13)14/h7-9,18H,3-6H2,1-2H3. The second-order valence-electron chi connectivity index (χ2n) is 4.53. The van der Waals surface area contributed by atoms with E-state index in [1.807, 2.05) is 13.8 Å². The molecule has 0 saturated heterocycles. The Hall–Kier alpha value is -1.15. The third-order valence-electron chi connectivity index (χ3n) is 2.42. The van der Waals surface area contributed by atoms with Crippen LogP contribution in [0.3, 0.4) is 0 Å². The maximum atomic E-state index is 11.8. The number of alkyl halides is 3. The topological polar surface area (TPSA) is 60.2 Å². The van der Waals surface area contributed by atoms with E-state index < -0.39 is 18.9 Å². The molecule has 1 rings (SSSR count). The number of ether oxygens (including phenoxy) is 1. The molecule has 0 spiro atoms. The van der Waals surface area contributed by atoms with Gasteiger partial charge in [-0.05, 0) is 20.3 Å². The first-order valence-corrected chi connectivity index (χ1v) is 6.00. The minimum absolute atomic E-state index is 0.117. The number of aromatic nitrogens is 3. The molecule has 110 valence electrons. The first kappa shape index (κ1) is 15.9. The number of hydrogen-bond acceptors (Lipinski definition) is 4. The molecule has 5 nitrogen and oxygen atoms in total. The Morgan fingerprint density at radius 3 is 2.68 bits per heavy atom. The Bertz CT molecular complexity index is 380. The van der Waals surface area contributed by atoms with Crippen LogP contribution in [-0.2, 0) is 11.2 Å². The van der Waals surface area contributed by atoms with E-state index in [2.05, 4.69) is 14.8 Å².